The van der Waals surface area contributed by atoms with Gasteiger partial charge in [-0.1, -0.05) is 18.2 Å². The van der Waals surface area contributed by atoms with Crippen molar-refractivity contribution in [1.29, 1.82) is 0 Å². The van der Waals surface area contributed by atoms with Crippen molar-refractivity contribution in [3.05, 3.63) is 60.0 Å². The summed E-state index contributed by atoms with van der Waals surface area (Å²) in [5.41, 5.74) is 1.52. The number of nitrogens with one attached hydrogen (secondary N) is 1. The molecular formula is C20H17FN2O2. The standard InChI is InChI=1S/C20H17FN2O2/c1-12-2-5-16(21)10-17(12)14-4-3-13-9-18(22-11-15(13)8-14)23-19(24)20(25)6-7-20/h2-5,8-11,25H,6-7H2,1H3,(H,22,23,24). The van der Waals surface area contributed by atoms with Crippen LogP contribution in [-0.2, 0) is 4.79 Å². The molecule has 2 aromatic carbocycles. The Balaban J connectivity index is 1.67. The smallest absolute Gasteiger partial charge is 0.257 e. The summed E-state index contributed by atoms with van der Waals surface area (Å²) >= 11 is 0. The molecule has 25 heavy (non-hydrogen) atoms. The number of hydrogen-bond donors (Lipinski definition) is 2. The molecule has 0 saturated heterocycles. The highest BCUT2D eigenvalue weighted by molar-refractivity contribution is 6.00. The first-order chi connectivity index (χ1) is 11.9. The molecular weight excluding hydrogens is 319 g/mol. The molecule has 126 valence electrons. The van der Waals surface area contributed by atoms with Gasteiger partial charge in [-0.25, -0.2) is 9.37 Å². The van der Waals surface area contributed by atoms with E-state index < -0.39 is 11.5 Å². The predicted octanol–water partition coefficient (Wildman–Crippen LogP) is 3.81. The number of aliphatic hydroxyl groups is 1. The van der Waals surface area contributed by atoms with Gasteiger partial charge in [-0.15, -0.1) is 0 Å². The molecule has 0 radical (unpaired) electrons. The molecule has 1 aliphatic rings. The van der Waals surface area contributed by atoms with E-state index in [1.54, 1.807) is 18.3 Å². The van der Waals surface area contributed by atoms with Crippen LogP contribution in [0.2, 0.25) is 0 Å². The first-order valence-electron chi connectivity index (χ1n) is 8.15. The van der Waals surface area contributed by atoms with Gasteiger partial charge in [0.05, 0.1) is 0 Å². The summed E-state index contributed by atoms with van der Waals surface area (Å²) in [4.78, 5) is 16.2. The van der Waals surface area contributed by atoms with E-state index >= 15 is 0 Å². The minimum atomic E-state index is -1.23. The third-order valence-electron chi connectivity index (χ3n) is 4.62. The maximum absolute atomic E-state index is 13.5. The van der Waals surface area contributed by atoms with E-state index in [0.717, 1.165) is 27.5 Å². The zero-order valence-corrected chi connectivity index (χ0v) is 13.7. The zero-order valence-electron chi connectivity index (χ0n) is 13.7. The molecule has 1 heterocycles. The monoisotopic (exact) mass is 336 g/mol. The summed E-state index contributed by atoms with van der Waals surface area (Å²) in [5, 5.41) is 14.3. The van der Waals surface area contributed by atoms with Crippen LogP contribution in [0.4, 0.5) is 10.2 Å². The lowest BCUT2D eigenvalue weighted by molar-refractivity contribution is -0.125. The second-order valence-corrected chi connectivity index (χ2v) is 6.58. The highest BCUT2D eigenvalue weighted by Gasteiger charge is 2.48. The molecule has 0 atom stereocenters. The summed E-state index contributed by atoms with van der Waals surface area (Å²) in [7, 11) is 0. The summed E-state index contributed by atoms with van der Waals surface area (Å²) in [6.07, 6.45) is 2.64. The fourth-order valence-electron chi connectivity index (χ4n) is 2.86. The minimum Gasteiger partial charge on any atom is -0.380 e. The molecule has 1 aliphatic carbocycles. The Hall–Kier alpha value is -2.79. The fourth-order valence-corrected chi connectivity index (χ4v) is 2.86. The molecule has 0 spiro atoms. The minimum absolute atomic E-state index is 0.269. The molecule has 1 saturated carbocycles. The lowest BCUT2D eigenvalue weighted by Crippen LogP contribution is -2.29. The third-order valence-corrected chi connectivity index (χ3v) is 4.62. The molecule has 3 aromatic rings. The van der Waals surface area contributed by atoms with Gasteiger partial charge < -0.3 is 10.4 Å². The van der Waals surface area contributed by atoms with Gasteiger partial charge in [0, 0.05) is 11.6 Å². The second kappa shape index (κ2) is 5.63. The number of hydrogen-bond acceptors (Lipinski definition) is 3. The normalized spacial score (nSPS) is 15.2. The SMILES string of the molecule is Cc1ccc(F)cc1-c1ccc2cc(NC(=O)C3(O)CC3)ncc2c1. The van der Waals surface area contributed by atoms with Gasteiger partial charge in [0.2, 0.25) is 0 Å². The summed E-state index contributed by atoms with van der Waals surface area (Å²) < 4.78 is 13.5. The number of halogens is 1. The van der Waals surface area contributed by atoms with Crippen molar-refractivity contribution in [1.82, 2.24) is 4.98 Å². The van der Waals surface area contributed by atoms with Gasteiger partial charge in [-0.2, -0.15) is 0 Å². The van der Waals surface area contributed by atoms with E-state index in [9.17, 15) is 14.3 Å². The lowest BCUT2D eigenvalue weighted by Gasteiger charge is -2.10. The van der Waals surface area contributed by atoms with Crippen LogP contribution in [0.5, 0.6) is 0 Å². The van der Waals surface area contributed by atoms with Crippen molar-refractivity contribution >= 4 is 22.5 Å². The van der Waals surface area contributed by atoms with E-state index in [2.05, 4.69) is 10.3 Å². The number of nitrogens with zero attached hydrogens (tertiary/aromatic N) is 1. The van der Waals surface area contributed by atoms with Gasteiger partial charge in [0.15, 0.2) is 0 Å². The number of benzene rings is 2. The van der Waals surface area contributed by atoms with Crippen molar-refractivity contribution in [3.8, 4) is 11.1 Å². The van der Waals surface area contributed by atoms with Crippen LogP contribution in [0.1, 0.15) is 18.4 Å². The summed E-state index contributed by atoms with van der Waals surface area (Å²) in [6.45, 7) is 1.94. The lowest BCUT2D eigenvalue weighted by atomic mass is 9.98. The number of carbonyl (C=O) groups excluding carboxylic acids is 1. The molecule has 0 bridgehead atoms. The number of aryl methyl sites for hydroxylation is 1. The molecule has 4 rings (SSSR count). The molecule has 1 aromatic heterocycles. The van der Waals surface area contributed by atoms with E-state index in [-0.39, 0.29) is 5.82 Å². The molecule has 0 unspecified atom stereocenters. The fraction of sp³-hybridized carbons (Fsp3) is 0.200. The zero-order chi connectivity index (χ0) is 17.6. The van der Waals surface area contributed by atoms with E-state index in [4.69, 9.17) is 0 Å². The number of amides is 1. The topological polar surface area (TPSA) is 62.2 Å². The Morgan fingerprint density at radius 2 is 1.96 bits per heavy atom. The molecule has 1 fully saturated rings. The average molecular weight is 336 g/mol. The van der Waals surface area contributed by atoms with Crippen LogP contribution < -0.4 is 5.32 Å². The number of rotatable bonds is 3. The number of anilines is 1. The van der Waals surface area contributed by atoms with Crippen molar-refractivity contribution in [2.75, 3.05) is 5.32 Å². The number of carbonyl (C=O) groups is 1. The van der Waals surface area contributed by atoms with E-state index in [1.807, 2.05) is 25.1 Å². The first-order valence-corrected chi connectivity index (χ1v) is 8.15. The van der Waals surface area contributed by atoms with Crippen molar-refractivity contribution in [3.63, 3.8) is 0 Å². The van der Waals surface area contributed by atoms with Gasteiger partial charge in [-0.3, -0.25) is 4.79 Å². The Bertz CT molecular complexity index is 996. The second-order valence-electron chi connectivity index (χ2n) is 6.58. The first kappa shape index (κ1) is 15.7. The van der Waals surface area contributed by atoms with Gasteiger partial charge in [0.25, 0.3) is 5.91 Å². The predicted molar refractivity (Wildman–Crippen MR) is 94.7 cm³/mol. The van der Waals surface area contributed by atoms with Crippen LogP contribution in [0.3, 0.4) is 0 Å². The largest absolute Gasteiger partial charge is 0.380 e. The highest BCUT2D eigenvalue weighted by atomic mass is 19.1. The number of aromatic nitrogens is 1. The summed E-state index contributed by atoms with van der Waals surface area (Å²) in [6, 6.07) is 12.3. The Labute approximate surface area is 144 Å². The van der Waals surface area contributed by atoms with E-state index in [0.29, 0.717) is 18.7 Å². The molecule has 0 aliphatic heterocycles. The maximum Gasteiger partial charge on any atom is 0.257 e. The van der Waals surface area contributed by atoms with Crippen molar-refractivity contribution in [2.24, 2.45) is 0 Å². The Kier molecular flexibility index (Phi) is 3.54. The molecule has 5 heteroatoms. The van der Waals surface area contributed by atoms with Crippen LogP contribution >= 0.6 is 0 Å². The Morgan fingerprint density at radius 3 is 2.72 bits per heavy atom. The van der Waals surface area contributed by atoms with Crippen LogP contribution in [0.25, 0.3) is 21.9 Å². The molecule has 2 N–H and O–H groups in total. The van der Waals surface area contributed by atoms with Crippen molar-refractivity contribution in [2.45, 2.75) is 25.4 Å². The van der Waals surface area contributed by atoms with Crippen LogP contribution in [0, 0.1) is 12.7 Å². The molecule has 4 nitrogen and oxygen atoms in total. The quantitative estimate of drug-likeness (QED) is 0.764. The Morgan fingerprint density at radius 1 is 1.16 bits per heavy atom. The maximum atomic E-state index is 13.5. The van der Waals surface area contributed by atoms with E-state index in [1.165, 1.54) is 12.1 Å². The third kappa shape index (κ3) is 2.98. The van der Waals surface area contributed by atoms with Crippen LogP contribution in [0.15, 0.2) is 48.7 Å². The number of fused-ring (bicyclic) bond motifs is 1. The number of pyridine rings is 1. The van der Waals surface area contributed by atoms with Crippen molar-refractivity contribution < 1.29 is 14.3 Å². The molecule has 1 amide bonds. The van der Waals surface area contributed by atoms with Gasteiger partial charge in [-0.05, 0) is 66.1 Å². The summed E-state index contributed by atoms with van der Waals surface area (Å²) in [5.74, 6) is -0.270. The van der Waals surface area contributed by atoms with Gasteiger partial charge >= 0.3 is 0 Å². The average Bonchev–Trinajstić information content (AvgIpc) is 3.35. The van der Waals surface area contributed by atoms with Gasteiger partial charge in [0.1, 0.15) is 17.2 Å². The van der Waals surface area contributed by atoms with Crippen LogP contribution in [-0.4, -0.2) is 21.6 Å². The highest BCUT2D eigenvalue weighted by Crippen LogP contribution is 2.36.